The molecule has 0 heterocycles. The fourth-order valence-corrected chi connectivity index (χ4v) is 1.85. The van der Waals surface area contributed by atoms with Crippen LogP contribution in [0.5, 0.6) is 0 Å². The molecule has 0 amide bonds. The lowest BCUT2D eigenvalue weighted by atomic mass is 10.1. The Balaban J connectivity index is 2.19. The molecule has 0 aliphatic carbocycles. The molecule has 0 spiro atoms. The minimum absolute atomic E-state index is 0.181. The van der Waals surface area contributed by atoms with Gasteiger partial charge in [0, 0.05) is 6.54 Å². The molecule has 22 heavy (non-hydrogen) atoms. The van der Waals surface area contributed by atoms with Crippen LogP contribution in [-0.2, 0) is 12.7 Å². The first kappa shape index (κ1) is 15.8. The van der Waals surface area contributed by atoms with Gasteiger partial charge in [0.05, 0.1) is 17.2 Å². The summed E-state index contributed by atoms with van der Waals surface area (Å²) in [5, 5.41) is 11.0. The quantitative estimate of drug-likeness (QED) is 0.849. The van der Waals surface area contributed by atoms with Crippen molar-refractivity contribution in [2.45, 2.75) is 12.7 Å². The maximum Gasteiger partial charge on any atom is 0.416 e. The Labute approximate surface area is 122 Å². The molecule has 0 aliphatic rings. The van der Waals surface area contributed by atoms with Crippen LogP contribution in [0.1, 0.15) is 16.7 Å². The second kappa shape index (κ2) is 6.02. The molecule has 2 aromatic rings. The Morgan fingerprint density at radius 1 is 1.05 bits per heavy atom. The highest BCUT2D eigenvalue weighted by atomic mass is 19.4. The summed E-state index contributed by atoms with van der Waals surface area (Å²) in [6.45, 7) is -0.191. The van der Waals surface area contributed by atoms with E-state index in [-0.39, 0.29) is 17.7 Å². The van der Waals surface area contributed by atoms with Gasteiger partial charge in [-0.1, -0.05) is 12.1 Å². The fourth-order valence-electron chi connectivity index (χ4n) is 1.85. The fraction of sp³-hybridized carbons (Fsp3) is 0.133. The Hall–Kier alpha value is -2.62. The number of hydrogen-bond donors (Lipinski definition) is 1. The van der Waals surface area contributed by atoms with Crippen molar-refractivity contribution < 1.29 is 22.0 Å². The molecule has 0 aromatic heterocycles. The molecule has 0 saturated carbocycles. The monoisotopic (exact) mass is 312 g/mol. The molecule has 0 unspecified atom stereocenters. The number of nitrogens with one attached hydrogen (secondary N) is 1. The van der Waals surface area contributed by atoms with Crippen LogP contribution in [0.15, 0.2) is 36.4 Å². The molecule has 0 saturated heterocycles. The van der Waals surface area contributed by atoms with E-state index in [9.17, 15) is 22.0 Å². The van der Waals surface area contributed by atoms with E-state index in [4.69, 9.17) is 5.26 Å². The third kappa shape index (κ3) is 3.52. The zero-order chi connectivity index (χ0) is 16.3. The van der Waals surface area contributed by atoms with Gasteiger partial charge in [-0.15, -0.1) is 0 Å². The highest BCUT2D eigenvalue weighted by molar-refractivity contribution is 5.50. The Bertz CT molecular complexity index is 708. The first-order valence-electron chi connectivity index (χ1n) is 6.10. The van der Waals surface area contributed by atoms with Crippen molar-refractivity contribution in [1.29, 1.82) is 5.26 Å². The topological polar surface area (TPSA) is 35.8 Å². The first-order chi connectivity index (χ1) is 10.3. The van der Waals surface area contributed by atoms with E-state index in [0.717, 1.165) is 24.3 Å². The predicted octanol–water partition coefficient (Wildman–Crippen LogP) is 4.47. The standard InChI is InChI=1S/C15H9F5N2/c16-12-5-10(7-21)6-13(17)14(12)22-8-9-2-1-3-11(4-9)15(18,19)20/h1-6,22H,8H2. The number of alkyl halides is 3. The summed E-state index contributed by atoms with van der Waals surface area (Å²) in [5.74, 6) is -1.97. The second-order valence-electron chi connectivity index (χ2n) is 4.48. The van der Waals surface area contributed by atoms with Gasteiger partial charge < -0.3 is 5.32 Å². The normalized spacial score (nSPS) is 11.1. The van der Waals surface area contributed by atoms with Gasteiger partial charge in [-0.25, -0.2) is 8.78 Å². The number of hydrogen-bond acceptors (Lipinski definition) is 2. The van der Waals surface area contributed by atoms with Crippen LogP contribution in [0.4, 0.5) is 27.6 Å². The van der Waals surface area contributed by atoms with E-state index in [1.807, 2.05) is 0 Å². The van der Waals surface area contributed by atoms with Crippen molar-refractivity contribution in [3.8, 4) is 6.07 Å². The van der Waals surface area contributed by atoms with Gasteiger partial charge in [-0.3, -0.25) is 0 Å². The molecule has 0 aliphatic heterocycles. The predicted molar refractivity (Wildman–Crippen MR) is 69.8 cm³/mol. The smallest absolute Gasteiger partial charge is 0.376 e. The molecule has 1 N–H and O–H groups in total. The van der Waals surface area contributed by atoms with Crippen LogP contribution < -0.4 is 5.32 Å². The SMILES string of the molecule is N#Cc1cc(F)c(NCc2cccc(C(F)(F)F)c2)c(F)c1. The Morgan fingerprint density at radius 3 is 2.23 bits per heavy atom. The largest absolute Gasteiger partial charge is 0.416 e. The maximum atomic E-state index is 13.6. The average Bonchev–Trinajstić information content (AvgIpc) is 2.45. The number of anilines is 1. The van der Waals surface area contributed by atoms with Gasteiger partial charge in [-0.2, -0.15) is 18.4 Å². The van der Waals surface area contributed by atoms with Crippen LogP contribution >= 0.6 is 0 Å². The maximum absolute atomic E-state index is 13.6. The summed E-state index contributed by atoms with van der Waals surface area (Å²) in [6.07, 6.45) is -4.49. The number of nitriles is 1. The Kier molecular flexibility index (Phi) is 4.31. The molecule has 0 bridgehead atoms. The number of halogens is 5. The molecule has 0 radical (unpaired) electrons. The minimum Gasteiger partial charge on any atom is -0.376 e. The number of benzene rings is 2. The summed E-state index contributed by atoms with van der Waals surface area (Å²) >= 11 is 0. The molecule has 7 heteroatoms. The molecule has 2 nitrogen and oxygen atoms in total. The van der Waals surface area contributed by atoms with Gasteiger partial charge in [0.1, 0.15) is 5.69 Å². The highest BCUT2D eigenvalue weighted by Crippen LogP contribution is 2.30. The van der Waals surface area contributed by atoms with Gasteiger partial charge >= 0.3 is 6.18 Å². The lowest BCUT2D eigenvalue weighted by Gasteiger charge is -2.11. The van der Waals surface area contributed by atoms with Crippen molar-refractivity contribution in [1.82, 2.24) is 0 Å². The van der Waals surface area contributed by atoms with Crippen LogP contribution in [0.25, 0.3) is 0 Å². The second-order valence-corrected chi connectivity index (χ2v) is 4.48. The lowest BCUT2D eigenvalue weighted by Crippen LogP contribution is -2.08. The Morgan fingerprint density at radius 2 is 1.68 bits per heavy atom. The van der Waals surface area contributed by atoms with Crippen molar-refractivity contribution in [3.05, 3.63) is 64.7 Å². The van der Waals surface area contributed by atoms with Gasteiger partial charge in [0.2, 0.25) is 0 Å². The van der Waals surface area contributed by atoms with E-state index in [0.29, 0.717) is 0 Å². The number of nitrogens with zero attached hydrogens (tertiary/aromatic N) is 1. The molecule has 0 fully saturated rings. The summed E-state index contributed by atoms with van der Waals surface area (Å²) in [7, 11) is 0. The number of rotatable bonds is 3. The van der Waals surface area contributed by atoms with Crippen molar-refractivity contribution in [2.75, 3.05) is 5.32 Å². The van der Waals surface area contributed by atoms with Crippen LogP contribution in [0.3, 0.4) is 0 Å². The van der Waals surface area contributed by atoms with Crippen LogP contribution in [0, 0.1) is 23.0 Å². The van der Waals surface area contributed by atoms with Crippen molar-refractivity contribution in [2.24, 2.45) is 0 Å². The zero-order valence-corrected chi connectivity index (χ0v) is 11.0. The molecule has 0 atom stereocenters. The van der Waals surface area contributed by atoms with Gasteiger partial charge in [0.15, 0.2) is 11.6 Å². The van der Waals surface area contributed by atoms with E-state index in [1.165, 1.54) is 12.1 Å². The minimum atomic E-state index is -4.49. The van der Waals surface area contributed by atoms with E-state index in [2.05, 4.69) is 5.32 Å². The molecular formula is C15H9F5N2. The molecule has 2 aromatic carbocycles. The van der Waals surface area contributed by atoms with Crippen LogP contribution in [-0.4, -0.2) is 0 Å². The molecule has 114 valence electrons. The highest BCUT2D eigenvalue weighted by Gasteiger charge is 2.30. The first-order valence-corrected chi connectivity index (χ1v) is 6.10. The zero-order valence-electron chi connectivity index (χ0n) is 11.0. The molecule has 2 rings (SSSR count). The van der Waals surface area contributed by atoms with Crippen molar-refractivity contribution in [3.63, 3.8) is 0 Å². The van der Waals surface area contributed by atoms with E-state index in [1.54, 1.807) is 6.07 Å². The summed E-state index contributed by atoms with van der Waals surface area (Å²) in [4.78, 5) is 0. The molecular weight excluding hydrogens is 303 g/mol. The summed E-state index contributed by atoms with van der Waals surface area (Å²) < 4.78 is 65.0. The van der Waals surface area contributed by atoms with E-state index < -0.39 is 29.1 Å². The lowest BCUT2D eigenvalue weighted by molar-refractivity contribution is -0.137. The van der Waals surface area contributed by atoms with Gasteiger partial charge in [-0.05, 0) is 29.8 Å². The van der Waals surface area contributed by atoms with E-state index >= 15 is 0 Å². The summed E-state index contributed by atoms with van der Waals surface area (Å²) in [6, 6.07) is 7.71. The summed E-state index contributed by atoms with van der Waals surface area (Å²) in [5.41, 5.74) is -1.29. The third-order valence-electron chi connectivity index (χ3n) is 2.89. The third-order valence-corrected chi connectivity index (χ3v) is 2.89. The van der Waals surface area contributed by atoms with Crippen LogP contribution in [0.2, 0.25) is 0 Å². The van der Waals surface area contributed by atoms with Crippen molar-refractivity contribution >= 4 is 5.69 Å². The average molecular weight is 312 g/mol. The van der Waals surface area contributed by atoms with Gasteiger partial charge in [0.25, 0.3) is 0 Å².